The van der Waals surface area contributed by atoms with Gasteiger partial charge < -0.3 is 10.6 Å². The van der Waals surface area contributed by atoms with Gasteiger partial charge in [0.1, 0.15) is 0 Å². The first-order valence-corrected chi connectivity index (χ1v) is 6.65. The highest BCUT2D eigenvalue weighted by atomic mass is 16.2. The van der Waals surface area contributed by atoms with Crippen molar-refractivity contribution in [2.45, 2.75) is 60.5 Å². The number of likely N-dealkylation sites (N-methyl/N-ethyl adjacent to an activating group) is 1. The summed E-state index contributed by atoms with van der Waals surface area (Å²) in [7, 11) is 1.85. The first-order chi connectivity index (χ1) is 7.98. The quantitative estimate of drug-likeness (QED) is 0.784. The van der Waals surface area contributed by atoms with E-state index >= 15 is 0 Å². The van der Waals surface area contributed by atoms with Gasteiger partial charge in [0.05, 0.1) is 12.1 Å². The van der Waals surface area contributed by atoms with Gasteiger partial charge in [-0.15, -0.1) is 0 Å². The molecule has 3 heteroatoms. The number of allylic oxidation sites excluding steroid dienone is 1. The van der Waals surface area contributed by atoms with Gasteiger partial charge in [-0.3, -0.25) is 4.79 Å². The number of carbonyl (C=O) groups is 1. The van der Waals surface area contributed by atoms with Crippen molar-refractivity contribution in [1.82, 2.24) is 4.90 Å². The van der Waals surface area contributed by atoms with Crippen LogP contribution in [0.5, 0.6) is 0 Å². The Bertz CT molecular complexity index is 309. The van der Waals surface area contributed by atoms with Gasteiger partial charge in [-0.05, 0) is 25.2 Å². The van der Waals surface area contributed by atoms with Crippen molar-refractivity contribution < 1.29 is 4.79 Å². The molecule has 0 heterocycles. The fourth-order valence-electron chi connectivity index (χ4n) is 1.83. The van der Waals surface area contributed by atoms with E-state index in [0.717, 1.165) is 0 Å². The van der Waals surface area contributed by atoms with Crippen LogP contribution in [0, 0.1) is 11.3 Å². The van der Waals surface area contributed by atoms with Gasteiger partial charge in [-0.1, -0.05) is 46.3 Å². The van der Waals surface area contributed by atoms with Gasteiger partial charge in [-0.2, -0.15) is 0 Å². The fourth-order valence-corrected chi connectivity index (χ4v) is 1.83. The predicted octanol–water partition coefficient (Wildman–Crippen LogP) is 2.81. The van der Waals surface area contributed by atoms with Crippen molar-refractivity contribution in [1.29, 1.82) is 0 Å². The Balaban J connectivity index is 5.05. The number of nitrogens with two attached hydrogens (primary N) is 1. The highest BCUT2D eigenvalue weighted by molar-refractivity contribution is 5.82. The van der Waals surface area contributed by atoms with Crippen LogP contribution in [0.1, 0.15) is 48.5 Å². The molecule has 18 heavy (non-hydrogen) atoms. The smallest absolute Gasteiger partial charge is 0.240 e. The summed E-state index contributed by atoms with van der Waals surface area (Å²) in [4.78, 5) is 14.2. The lowest BCUT2D eigenvalue weighted by molar-refractivity contribution is -0.135. The monoisotopic (exact) mass is 254 g/mol. The molecular formula is C15H30N2O. The van der Waals surface area contributed by atoms with Crippen molar-refractivity contribution in [3.05, 3.63) is 11.6 Å². The molecule has 0 fully saturated rings. The molecule has 0 saturated heterocycles. The summed E-state index contributed by atoms with van der Waals surface area (Å²) in [5.74, 6) is 0.389. The second kappa shape index (κ2) is 6.37. The third-order valence-electron chi connectivity index (χ3n) is 3.18. The molecule has 2 N–H and O–H groups in total. The van der Waals surface area contributed by atoms with Gasteiger partial charge >= 0.3 is 0 Å². The number of hydrogen-bond donors (Lipinski definition) is 1. The minimum Gasteiger partial charge on any atom is -0.338 e. The summed E-state index contributed by atoms with van der Waals surface area (Å²) in [5, 5.41) is 0. The molecule has 2 atom stereocenters. The third kappa shape index (κ3) is 4.81. The van der Waals surface area contributed by atoms with E-state index in [0.29, 0.717) is 5.92 Å². The standard InChI is InChI=1S/C15H30N2O/c1-10(2)9-12(11(3)4)17(8)14(18)13(16)15(5,6)7/h9,11-13H,16H2,1-8H3. The zero-order chi connectivity index (χ0) is 14.7. The number of nitrogens with zero attached hydrogens (tertiary/aromatic N) is 1. The maximum atomic E-state index is 12.4. The van der Waals surface area contributed by atoms with Crippen LogP contribution < -0.4 is 5.73 Å². The van der Waals surface area contributed by atoms with Crippen molar-refractivity contribution in [2.24, 2.45) is 17.1 Å². The summed E-state index contributed by atoms with van der Waals surface area (Å²) in [6.45, 7) is 14.3. The molecule has 0 aromatic carbocycles. The van der Waals surface area contributed by atoms with Crippen LogP contribution in [0.4, 0.5) is 0 Å². The second-order valence-electron chi connectivity index (χ2n) is 6.77. The number of rotatable bonds is 4. The fraction of sp³-hybridized carbons (Fsp3) is 0.800. The average molecular weight is 254 g/mol. The first kappa shape index (κ1) is 17.2. The molecule has 0 aliphatic carbocycles. The molecule has 106 valence electrons. The van der Waals surface area contributed by atoms with Gasteiger partial charge in [0.15, 0.2) is 0 Å². The number of amides is 1. The number of hydrogen-bond acceptors (Lipinski definition) is 2. The highest BCUT2D eigenvalue weighted by Crippen LogP contribution is 2.21. The topological polar surface area (TPSA) is 46.3 Å². The van der Waals surface area contributed by atoms with Crippen molar-refractivity contribution in [3.8, 4) is 0 Å². The van der Waals surface area contributed by atoms with Crippen LogP contribution in [-0.4, -0.2) is 29.9 Å². The summed E-state index contributed by atoms with van der Waals surface area (Å²) < 4.78 is 0. The summed E-state index contributed by atoms with van der Waals surface area (Å²) >= 11 is 0. The summed E-state index contributed by atoms with van der Waals surface area (Å²) in [6, 6.07) is -0.356. The van der Waals surface area contributed by atoms with E-state index in [2.05, 4.69) is 33.8 Å². The largest absolute Gasteiger partial charge is 0.338 e. The molecule has 1 amide bonds. The van der Waals surface area contributed by atoms with Crippen molar-refractivity contribution in [3.63, 3.8) is 0 Å². The lowest BCUT2D eigenvalue weighted by Crippen LogP contribution is -2.52. The van der Waals surface area contributed by atoms with Crippen molar-refractivity contribution >= 4 is 5.91 Å². The molecule has 0 spiro atoms. The summed E-state index contributed by atoms with van der Waals surface area (Å²) in [6.07, 6.45) is 2.14. The lowest BCUT2D eigenvalue weighted by Gasteiger charge is -2.35. The molecule has 0 aromatic rings. The maximum Gasteiger partial charge on any atom is 0.240 e. The third-order valence-corrected chi connectivity index (χ3v) is 3.18. The maximum absolute atomic E-state index is 12.4. The molecule has 0 aliphatic rings. The van der Waals surface area contributed by atoms with Crippen LogP contribution in [0.3, 0.4) is 0 Å². The molecule has 2 unspecified atom stereocenters. The number of carbonyl (C=O) groups excluding carboxylic acids is 1. The first-order valence-electron chi connectivity index (χ1n) is 6.65. The Labute approximate surface area is 112 Å². The Morgan fingerprint density at radius 3 is 1.94 bits per heavy atom. The Morgan fingerprint density at radius 1 is 1.22 bits per heavy atom. The lowest BCUT2D eigenvalue weighted by atomic mass is 9.86. The normalized spacial score (nSPS) is 15.2. The average Bonchev–Trinajstić information content (AvgIpc) is 2.20. The van der Waals surface area contributed by atoms with Crippen LogP contribution in [0.15, 0.2) is 11.6 Å². The van der Waals surface area contributed by atoms with Gasteiger partial charge in [0.2, 0.25) is 5.91 Å². The molecule has 0 saturated carbocycles. The molecular weight excluding hydrogens is 224 g/mol. The van der Waals surface area contributed by atoms with E-state index in [1.165, 1.54) is 5.57 Å². The Kier molecular flexibility index (Phi) is 6.08. The minimum atomic E-state index is -0.464. The van der Waals surface area contributed by atoms with E-state index in [9.17, 15) is 4.79 Å². The van der Waals surface area contributed by atoms with E-state index in [1.54, 1.807) is 4.90 Å². The van der Waals surface area contributed by atoms with E-state index in [4.69, 9.17) is 5.73 Å². The Hall–Kier alpha value is -0.830. The second-order valence-corrected chi connectivity index (χ2v) is 6.77. The van der Waals surface area contributed by atoms with Crippen LogP contribution in [0.25, 0.3) is 0 Å². The van der Waals surface area contributed by atoms with Gasteiger partial charge in [0, 0.05) is 7.05 Å². The van der Waals surface area contributed by atoms with Crippen LogP contribution >= 0.6 is 0 Å². The molecule has 3 nitrogen and oxygen atoms in total. The zero-order valence-electron chi connectivity index (χ0n) is 13.2. The molecule has 0 aromatic heterocycles. The Morgan fingerprint density at radius 2 is 1.67 bits per heavy atom. The minimum absolute atomic E-state index is 0.0127. The molecule has 0 rings (SSSR count). The summed E-state index contributed by atoms with van der Waals surface area (Å²) in [5.41, 5.74) is 7.06. The van der Waals surface area contributed by atoms with E-state index in [1.807, 2.05) is 27.8 Å². The zero-order valence-corrected chi connectivity index (χ0v) is 13.2. The van der Waals surface area contributed by atoms with Gasteiger partial charge in [0.25, 0.3) is 0 Å². The molecule has 0 aliphatic heterocycles. The van der Waals surface area contributed by atoms with Gasteiger partial charge in [-0.25, -0.2) is 0 Å². The van der Waals surface area contributed by atoms with E-state index < -0.39 is 6.04 Å². The SMILES string of the molecule is CC(C)=CC(C(C)C)N(C)C(=O)C(N)C(C)(C)C. The highest BCUT2D eigenvalue weighted by Gasteiger charge is 2.32. The predicted molar refractivity (Wildman–Crippen MR) is 78.3 cm³/mol. The van der Waals surface area contributed by atoms with Crippen LogP contribution in [-0.2, 0) is 4.79 Å². The molecule has 0 bridgehead atoms. The molecule has 0 radical (unpaired) electrons. The van der Waals surface area contributed by atoms with Crippen molar-refractivity contribution in [2.75, 3.05) is 7.05 Å². The van der Waals surface area contributed by atoms with E-state index in [-0.39, 0.29) is 17.4 Å². The van der Waals surface area contributed by atoms with Crippen LogP contribution in [0.2, 0.25) is 0 Å².